The summed E-state index contributed by atoms with van der Waals surface area (Å²) >= 11 is 0. The molecule has 1 saturated heterocycles. The summed E-state index contributed by atoms with van der Waals surface area (Å²) in [4.78, 5) is 5.37. The molecule has 0 aromatic rings. The first-order valence-electron chi connectivity index (χ1n) is 4.74. The van der Waals surface area contributed by atoms with Crippen molar-refractivity contribution in [1.29, 1.82) is 0 Å². The zero-order valence-electron chi connectivity index (χ0n) is 7.95. The normalized spacial score (nSPS) is 19.3. The van der Waals surface area contributed by atoms with Gasteiger partial charge in [-0.25, -0.2) is 5.32 Å². The Labute approximate surface area is 78.3 Å². The monoisotopic (exact) mass is 186 g/mol. The van der Waals surface area contributed by atoms with Crippen LogP contribution in [0.3, 0.4) is 0 Å². The average molecular weight is 186 g/mol. The SMILES string of the molecule is CCCCO/N=[N+](\[O-])[C]1CCCN1. The molecule has 0 spiro atoms. The van der Waals surface area contributed by atoms with Crippen LogP contribution in [0.1, 0.15) is 32.6 Å². The molecule has 1 rings (SSSR count). The first-order valence-corrected chi connectivity index (χ1v) is 4.74. The molecule has 0 atom stereocenters. The maximum atomic E-state index is 11.1. The number of nitrogens with zero attached hydrogens (tertiary/aromatic N) is 2. The molecule has 1 radical (unpaired) electrons. The molecule has 0 aromatic heterocycles. The minimum atomic E-state index is 0.516. The van der Waals surface area contributed by atoms with Gasteiger partial charge in [0.05, 0.1) is 0 Å². The topological polar surface area (TPSA) is 59.7 Å². The smallest absolute Gasteiger partial charge is 0.338 e. The summed E-state index contributed by atoms with van der Waals surface area (Å²) in [6.45, 7) is 3.44. The Morgan fingerprint density at radius 3 is 3.15 bits per heavy atom. The lowest BCUT2D eigenvalue weighted by atomic mass is 10.3. The molecular formula is C8H16N3O2. The molecular weight excluding hydrogens is 170 g/mol. The van der Waals surface area contributed by atoms with Crippen molar-refractivity contribution in [3.05, 3.63) is 11.4 Å². The van der Waals surface area contributed by atoms with Crippen LogP contribution in [0.15, 0.2) is 5.28 Å². The summed E-state index contributed by atoms with van der Waals surface area (Å²) in [6, 6.07) is 0. The predicted octanol–water partition coefficient (Wildman–Crippen LogP) is 1.55. The molecule has 1 N–H and O–H groups in total. The summed E-state index contributed by atoms with van der Waals surface area (Å²) in [6.07, 6.45) is 4.35. The van der Waals surface area contributed by atoms with Gasteiger partial charge >= 0.3 is 6.17 Å². The lowest BCUT2D eigenvalue weighted by Crippen LogP contribution is -2.21. The van der Waals surface area contributed by atoms with Gasteiger partial charge in [0.1, 0.15) is 6.61 Å². The van der Waals surface area contributed by atoms with E-state index < -0.39 is 0 Å². The minimum absolute atomic E-state index is 0.516. The fourth-order valence-electron chi connectivity index (χ4n) is 1.09. The van der Waals surface area contributed by atoms with Crippen molar-refractivity contribution < 1.29 is 9.70 Å². The zero-order valence-corrected chi connectivity index (χ0v) is 7.95. The van der Waals surface area contributed by atoms with Crippen molar-refractivity contribution in [3.63, 3.8) is 0 Å². The maximum absolute atomic E-state index is 11.1. The molecule has 1 aliphatic heterocycles. The molecule has 0 unspecified atom stereocenters. The maximum Gasteiger partial charge on any atom is 0.338 e. The van der Waals surface area contributed by atoms with Gasteiger partial charge in [-0.15, -0.1) is 0 Å². The number of hydroxylamine groups is 1. The lowest BCUT2D eigenvalue weighted by Gasteiger charge is -2.03. The number of hydrogen-bond acceptors (Lipinski definition) is 4. The molecule has 1 heterocycles. The van der Waals surface area contributed by atoms with Gasteiger partial charge < -0.3 is 10.0 Å². The van der Waals surface area contributed by atoms with Gasteiger partial charge in [0.25, 0.3) is 0 Å². The number of hydrogen-bond donors (Lipinski definition) is 1. The molecule has 13 heavy (non-hydrogen) atoms. The Morgan fingerprint density at radius 1 is 1.69 bits per heavy atom. The van der Waals surface area contributed by atoms with E-state index in [-0.39, 0.29) is 0 Å². The summed E-state index contributed by atoms with van der Waals surface area (Å²) in [5, 5.41) is 17.5. The van der Waals surface area contributed by atoms with Crippen molar-refractivity contribution in [2.75, 3.05) is 13.2 Å². The van der Waals surface area contributed by atoms with E-state index in [1.54, 1.807) is 0 Å². The Bertz CT molecular complexity index is 167. The quantitative estimate of drug-likeness (QED) is 0.307. The van der Waals surface area contributed by atoms with Gasteiger partial charge in [-0.2, -0.15) is 0 Å². The Morgan fingerprint density at radius 2 is 2.54 bits per heavy atom. The fraction of sp³-hybridized carbons (Fsp3) is 0.875. The fourth-order valence-corrected chi connectivity index (χ4v) is 1.09. The molecule has 1 fully saturated rings. The van der Waals surface area contributed by atoms with Crippen LogP contribution >= 0.6 is 0 Å². The third-order valence-corrected chi connectivity index (χ3v) is 1.87. The Kier molecular flexibility index (Phi) is 4.53. The van der Waals surface area contributed by atoms with Gasteiger partial charge in [-0.1, -0.05) is 13.3 Å². The van der Waals surface area contributed by atoms with E-state index in [1.165, 1.54) is 0 Å². The Hall–Kier alpha value is -0.840. The molecule has 0 aromatic carbocycles. The van der Waals surface area contributed by atoms with Crippen LogP contribution < -0.4 is 5.32 Å². The largest absolute Gasteiger partial charge is 0.596 e. The lowest BCUT2D eigenvalue weighted by molar-refractivity contribution is -0.550. The third-order valence-electron chi connectivity index (χ3n) is 1.87. The second-order valence-electron chi connectivity index (χ2n) is 3.02. The number of unbranched alkanes of at least 4 members (excludes halogenated alkanes) is 1. The molecule has 0 amide bonds. The molecule has 75 valence electrons. The number of nitrogens with one attached hydrogen (secondary N) is 1. The van der Waals surface area contributed by atoms with Crippen LogP contribution in [-0.4, -0.2) is 18.0 Å². The molecule has 5 nitrogen and oxygen atoms in total. The van der Waals surface area contributed by atoms with Gasteiger partial charge in [-0.05, 0) is 17.7 Å². The first kappa shape index (κ1) is 10.2. The third kappa shape index (κ3) is 3.59. The van der Waals surface area contributed by atoms with Crippen LogP contribution in [-0.2, 0) is 4.84 Å². The van der Waals surface area contributed by atoms with Gasteiger partial charge in [-0.3, -0.25) is 0 Å². The molecule has 0 saturated carbocycles. The van der Waals surface area contributed by atoms with E-state index in [0.29, 0.717) is 17.6 Å². The predicted molar refractivity (Wildman–Crippen MR) is 47.4 cm³/mol. The van der Waals surface area contributed by atoms with E-state index in [4.69, 9.17) is 4.84 Å². The molecule has 0 aliphatic carbocycles. The van der Waals surface area contributed by atoms with E-state index in [2.05, 4.69) is 17.5 Å². The van der Waals surface area contributed by atoms with Crippen molar-refractivity contribution >= 4 is 0 Å². The molecule has 0 bridgehead atoms. The van der Waals surface area contributed by atoms with Gasteiger partial charge in [0.15, 0.2) is 0 Å². The van der Waals surface area contributed by atoms with Gasteiger partial charge in [0.2, 0.25) is 5.28 Å². The standard InChI is InChI=1S/C8H16N3O2/c1-2-3-7-13-10-11(12)8-5-4-6-9-8/h9H,2-7H2,1H3/b11-10-. The van der Waals surface area contributed by atoms with Crippen molar-refractivity contribution in [2.45, 2.75) is 32.6 Å². The van der Waals surface area contributed by atoms with Crippen LogP contribution in [0.2, 0.25) is 0 Å². The summed E-state index contributed by atoms with van der Waals surface area (Å²) in [7, 11) is 0. The molecule has 1 aliphatic rings. The van der Waals surface area contributed by atoms with Crippen LogP contribution in [0.4, 0.5) is 0 Å². The second kappa shape index (κ2) is 5.75. The van der Waals surface area contributed by atoms with E-state index >= 15 is 0 Å². The first-order chi connectivity index (χ1) is 6.34. The summed E-state index contributed by atoms with van der Waals surface area (Å²) < 4.78 is 0. The van der Waals surface area contributed by atoms with Crippen LogP contribution in [0.5, 0.6) is 0 Å². The molecule has 5 heteroatoms. The zero-order chi connectivity index (χ0) is 9.52. The van der Waals surface area contributed by atoms with Crippen LogP contribution in [0.25, 0.3) is 0 Å². The highest BCUT2D eigenvalue weighted by Gasteiger charge is 2.26. The van der Waals surface area contributed by atoms with Crippen LogP contribution in [0, 0.1) is 11.4 Å². The second-order valence-corrected chi connectivity index (χ2v) is 3.02. The highest BCUT2D eigenvalue weighted by atomic mass is 16.7. The summed E-state index contributed by atoms with van der Waals surface area (Å²) in [5.41, 5.74) is 0. The average Bonchev–Trinajstić information content (AvgIpc) is 2.65. The number of rotatable bonds is 5. The van der Waals surface area contributed by atoms with E-state index in [9.17, 15) is 5.21 Å². The van der Waals surface area contributed by atoms with E-state index in [1.807, 2.05) is 0 Å². The highest BCUT2D eigenvalue weighted by molar-refractivity contribution is 4.79. The Balaban J connectivity index is 2.16. The van der Waals surface area contributed by atoms with E-state index in [0.717, 1.165) is 32.2 Å². The minimum Gasteiger partial charge on any atom is -0.596 e. The summed E-state index contributed by atoms with van der Waals surface area (Å²) in [5.74, 6) is 0. The van der Waals surface area contributed by atoms with Crippen molar-refractivity contribution in [3.8, 4) is 0 Å². The van der Waals surface area contributed by atoms with Crippen molar-refractivity contribution in [2.24, 2.45) is 5.28 Å². The van der Waals surface area contributed by atoms with Gasteiger partial charge in [0, 0.05) is 13.0 Å². The van der Waals surface area contributed by atoms with Crippen molar-refractivity contribution in [1.82, 2.24) is 5.32 Å². The highest BCUT2D eigenvalue weighted by Crippen LogP contribution is 2.13.